The third-order valence-electron chi connectivity index (χ3n) is 1.79. The molecule has 0 radical (unpaired) electrons. The second kappa shape index (κ2) is 3.38. The molecule has 1 aromatic heterocycles. The Balaban J connectivity index is 2.88. The number of ether oxygens (including phenoxy) is 1. The average Bonchev–Trinajstić information content (AvgIpc) is 2.34. The van der Waals surface area contributed by atoms with Crippen LogP contribution in [-0.2, 0) is 11.8 Å². The molecule has 0 aliphatic heterocycles. The van der Waals surface area contributed by atoms with Crippen LogP contribution in [0.25, 0.3) is 0 Å². The highest BCUT2D eigenvalue weighted by atomic mass is 16.5. The summed E-state index contributed by atoms with van der Waals surface area (Å²) in [6.45, 7) is 4.07. The van der Waals surface area contributed by atoms with Crippen LogP contribution in [0.4, 0.5) is 0 Å². The molecule has 0 spiro atoms. The van der Waals surface area contributed by atoms with Crippen molar-refractivity contribution in [3.63, 3.8) is 0 Å². The van der Waals surface area contributed by atoms with Gasteiger partial charge in [0.05, 0.1) is 12.8 Å². The maximum atomic E-state index is 11.2. The monoisotopic (exact) mass is 169 g/mol. The Morgan fingerprint density at radius 3 is 2.83 bits per heavy atom. The van der Waals surface area contributed by atoms with Crippen LogP contribution in [0.15, 0.2) is 6.20 Å². The predicted octanol–water partition coefficient (Wildman–Crippen LogP) is 0.324. The molecule has 1 heterocycles. The Morgan fingerprint density at radius 1 is 1.75 bits per heavy atom. The number of aromatic nitrogens is 2. The molecule has 4 heteroatoms. The largest absolute Gasteiger partial charge is 0.462 e. The lowest BCUT2D eigenvalue weighted by molar-refractivity contribution is -0.732. The van der Waals surface area contributed by atoms with Gasteiger partial charge in [-0.05, 0) is 6.92 Å². The lowest BCUT2D eigenvalue weighted by atomic mass is 10.3. The molecule has 0 aromatic carbocycles. The summed E-state index contributed by atoms with van der Waals surface area (Å²) in [7, 11) is 1.85. The molecular weight excluding hydrogens is 156 g/mol. The number of aryl methyl sites for hydroxylation is 1. The number of carbonyl (C=O) groups excluding carboxylic acids is 1. The summed E-state index contributed by atoms with van der Waals surface area (Å²) in [5.41, 5.74) is 1.48. The smallest absolute Gasteiger partial charge is 0.346 e. The van der Waals surface area contributed by atoms with Crippen molar-refractivity contribution < 1.29 is 14.2 Å². The molecule has 4 nitrogen and oxygen atoms in total. The van der Waals surface area contributed by atoms with Gasteiger partial charge in [-0.2, -0.15) is 5.10 Å². The van der Waals surface area contributed by atoms with Crippen molar-refractivity contribution in [2.24, 2.45) is 7.05 Å². The zero-order valence-electron chi connectivity index (χ0n) is 7.55. The summed E-state index contributed by atoms with van der Waals surface area (Å²) in [5.74, 6) is -0.271. The first kappa shape index (κ1) is 8.77. The Bertz CT molecular complexity index is 291. The van der Waals surface area contributed by atoms with E-state index in [0.29, 0.717) is 12.2 Å². The number of aromatic amines is 1. The first-order chi connectivity index (χ1) is 5.66. The van der Waals surface area contributed by atoms with E-state index in [1.165, 1.54) is 0 Å². The van der Waals surface area contributed by atoms with Gasteiger partial charge < -0.3 is 4.74 Å². The van der Waals surface area contributed by atoms with Gasteiger partial charge in [0.25, 0.3) is 0 Å². The number of carbonyl (C=O) groups is 1. The maximum Gasteiger partial charge on any atom is 0.346 e. The van der Waals surface area contributed by atoms with Gasteiger partial charge in [-0.3, -0.25) is 0 Å². The number of hydrogen-bond donors (Lipinski definition) is 1. The summed E-state index contributed by atoms with van der Waals surface area (Å²) >= 11 is 0. The number of rotatable bonds is 2. The van der Waals surface area contributed by atoms with Crippen molar-refractivity contribution in [2.45, 2.75) is 13.8 Å². The standard InChI is InChI=1S/C8H12N2O2/c1-4-12-8(11)7-5-9-10(3)6(7)2/h5H,4H2,1-3H3/p+1. The van der Waals surface area contributed by atoms with Crippen LogP contribution in [0, 0.1) is 6.92 Å². The quantitative estimate of drug-likeness (QED) is 0.512. The van der Waals surface area contributed by atoms with E-state index in [9.17, 15) is 4.79 Å². The van der Waals surface area contributed by atoms with E-state index in [4.69, 9.17) is 4.74 Å². The van der Waals surface area contributed by atoms with E-state index < -0.39 is 0 Å². The number of esters is 1. The summed E-state index contributed by atoms with van der Waals surface area (Å²) in [5, 5.41) is 2.89. The van der Waals surface area contributed by atoms with Gasteiger partial charge in [0.1, 0.15) is 5.56 Å². The normalized spacial score (nSPS) is 9.92. The molecule has 1 rings (SSSR count). The van der Waals surface area contributed by atoms with Gasteiger partial charge in [-0.25, -0.2) is 4.79 Å². The Hall–Kier alpha value is -1.32. The molecule has 0 aliphatic rings. The average molecular weight is 169 g/mol. The predicted molar refractivity (Wildman–Crippen MR) is 42.7 cm³/mol. The van der Waals surface area contributed by atoms with Gasteiger partial charge in [-0.15, -0.1) is 4.68 Å². The molecule has 1 aromatic rings. The van der Waals surface area contributed by atoms with E-state index in [1.807, 2.05) is 14.0 Å². The SMILES string of the molecule is CCOC(=O)c1c[nH][n+](C)c1C. The van der Waals surface area contributed by atoms with Crippen molar-refractivity contribution in [1.29, 1.82) is 0 Å². The van der Waals surface area contributed by atoms with Crippen molar-refractivity contribution in [3.05, 3.63) is 17.5 Å². The Labute approximate surface area is 71.1 Å². The van der Waals surface area contributed by atoms with Crippen molar-refractivity contribution in [3.8, 4) is 0 Å². The van der Waals surface area contributed by atoms with Crippen molar-refractivity contribution in [1.82, 2.24) is 5.10 Å². The summed E-state index contributed by atoms with van der Waals surface area (Å²) in [4.78, 5) is 11.2. The topological polar surface area (TPSA) is 46.0 Å². The number of nitrogens with zero attached hydrogens (tertiary/aromatic N) is 1. The minimum absolute atomic E-state index is 0.271. The van der Waals surface area contributed by atoms with E-state index in [0.717, 1.165) is 5.69 Å². The molecule has 0 saturated carbocycles. The zero-order valence-corrected chi connectivity index (χ0v) is 7.55. The van der Waals surface area contributed by atoms with E-state index >= 15 is 0 Å². The Kier molecular flexibility index (Phi) is 2.47. The van der Waals surface area contributed by atoms with Crippen LogP contribution in [0.2, 0.25) is 0 Å². The molecule has 0 atom stereocenters. The molecule has 12 heavy (non-hydrogen) atoms. The number of hydrogen-bond acceptors (Lipinski definition) is 2. The third-order valence-corrected chi connectivity index (χ3v) is 1.79. The van der Waals surface area contributed by atoms with Crippen molar-refractivity contribution >= 4 is 5.97 Å². The van der Waals surface area contributed by atoms with E-state index in [2.05, 4.69) is 5.10 Å². The van der Waals surface area contributed by atoms with E-state index in [1.54, 1.807) is 17.8 Å². The second-order valence-corrected chi connectivity index (χ2v) is 2.55. The Morgan fingerprint density at radius 2 is 2.42 bits per heavy atom. The fourth-order valence-electron chi connectivity index (χ4n) is 0.959. The van der Waals surface area contributed by atoms with E-state index in [-0.39, 0.29) is 5.97 Å². The zero-order chi connectivity index (χ0) is 9.14. The minimum atomic E-state index is -0.271. The van der Waals surface area contributed by atoms with Crippen LogP contribution < -0.4 is 4.68 Å². The molecule has 0 unspecified atom stereocenters. The van der Waals surface area contributed by atoms with Gasteiger partial charge in [0.2, 0.25) is 5.69 Å². The highest BCUT2D eigenvalue weighted by molar-refractivity contribution is 5.89. The van der Waals surface area contributed by atoms with Gasteiger partial charge in [0.15, 0.2) is 7.05 Å². The van der Waals surface area contributed by atoms with Crippen LogP contribution in [0.5, 0.6) is 0 Å². The molecular formula is C8H13N2O2+. The molecule has 0 aliphatic carbocycles. The third kappa shape index (κ3) is 1.47. The van der Waals surface area contributed by atoms with Crippen LogP contribution >= 0.6 is 0 Å². The fraction of sp³-hybridized carbons (Fsp3) is 0.500. The fourth-order valence-corrected chi connectivity index (χ4v) is 0.959. The molecule has 66 valence electrons. The van der Waals surface area contributed by atoms with Gasteiger partial charge >= 0.3 is 5.97 Å². The molecule has 0 bridgehead atoms. The first-order valence-corrected chi connectivity index (χ1v) is 3.88. The van der Waals surface area contributed by atoms with Gasteiger partial charge in [0, 0.05) is 6.92 Å². The summed E-state index contributed by atoms with van der Waals surface area (Å²) in [6, 6.07) is 0. The summed E-state index contributed by atoms with van der Waals surface area (Å²) < 4.78 is 6.62. The first-order valence-electron chi connectivity index (χ1n) is 3.88. The summed E-state index contributed by atoms with van der Waals surface area (Å²) in [6.07, 6.45) is 1.65. The number of H-pyrrole nitrogens is 1. The molecule has 0 fully saturated rings. The lowest BCUT2D eigenvalue weighted by Crippen LogP contribution is -2.33. The van der Waals surface area contributed by atoms with Crippen LogP contribution in [0.1, 0.15) is 23.0 Å². The molecule has 0 saturated heterocycles. The highest BCUT2D eigenvalue weighted by Crippen LogP contribution is 2.02. The lowest BCUT2D eigenvalue weighted by Gasteiger charge is -1.96. The van der Waals surface area contributed by atoms with Gasteiger partial charge in [-0.1, -0.05) is 0 Å². The number of nitrogens with one attached hydrogen (secondary N) is 1. The minimum Gasteiger partial charge on any atom is -0.462 e. The van der Waals surface area contributed by atoms with Crippen LogP contribution in [0.3, 0.4) is 0 Å². The second-order valence-electron chi connectivity index (χ2n) is 2.55. The molecule has 0 amide bonds. The van der Waals surface area contributed by atoms with Crippen molar-refractivity contribution in [2.75, 3.05) is 6.61 Å². The van der Waals surface area contributed by atoms with Crippen LogP contribution in [-0.4, -0.2) is 17.7 Å². The highest BCUT2D eigenvalue weighted by Gasteiger charge is 2.18. The maximum absolute atomic E-state index is 11.2. The molecule has 1 N–H and O–H groups in total.